The lowest BCUT2D eigenvalue weighted by Gasteiger charge is -2.10. The molecule has 0 atom stereocenters. The zero-order valence-electron chi connectivity index (χ0n) is 16.7. The van der Waals surface area contributed by atoms with Crippen molar-refractivity contribution in [1.82, 2.24) is 5.32 Å². The first kappa shape index (κ1) is 23.0. The number of benzene rings is 2. The molecule has 0 heterocycles. The predicted octanol–water partition coefficient (Wildman–Crippen LogP) is 2.27. The van der Waals surface area contributed by atoms with Crippen molar-refractivity contribution < 1.29 is 36.2 Å². The summed E-state index contributed by atoms with van der Waals surface area (Å²) < 4.78 is 50.4. The molecule has 0 aliphatic heterocycles. The third-order valence-corrected chi connectivity index (χ3v) is 4.36. The van der Waals surface area contributed by atoms with Crippen LogP contribution in [-0.4, -0.2) is 46.8 Å². The molecule has 1 amide bonds. The number of amides is 1. The van der Waals surface area contributed by atoms with Crippen LogP contribution in [-0.2, 0) is 21.6 Å². The highest BCUT2D eigenvalue weighted by atomic mass is 32.3. The van der Waals surface area contributed by atoms with Crippen LogP contribution >= 0.6 is 0 Å². The summed E-state index contributed by atoms with van der Waals surface area (Å²) in [6, 6.07) is 9.83. The Labute approximate surface area is 175 Å². The zero-order valence-corrected chi connectivity index (χ0v) is 17.6. The van der Waals surface area contributed by atoms with E-state index in [0.717, 1.165) is 11.1 Å². The first-order valence-corrected chi connectivity index (χ1v) is 10.1. The van der Waals surface area contributed by atoms with Crippen LogP contribution in [0.2, 0.25) is 0 Å². The third kappa shape index (κ3) is 6.98. The first-order valence-electron chi connectivity index (χ1n) is 8.77. The Morgan fingerprint density at radius 1 is 0.967 bits per heavy atom. The van der Waals surface area contributed by atoms with Crippen LogP contribution in [0.5, 0.6) is 23.0 Å². The number of hydrogen-bond acceptors (Lipinski definition) is 7. The minimum Gasteiger partial charge on any atom is -0.493 e. The lowest BCUT2D eigenvalue weighted by molar-refractivity contribution is -0.116. The molecular formula is C20H23NO8S. The fraction of sp³-hybridized carbons (Fsp3) is 0.250. The maximum absolute atomic E-state index is 12.0. The second-order valence-corrected chi connectivity index (χ2v) is 7.01. The molecule has 0 saturated heterocycles. The van der Waals surface area contributed by atoms with Crippen LogP contribution in [0.4, 0.5) is 0 Å². The lowest BCUT2D eigenvalue weighted by Crippen LogP contribution is -2.23. The minimum atomic E-state index is -4.65. The molecule has 30 heavy (non-hydrogen) atoms. The molecular weight excluding hydrogens is 414 g/mol. The second-order valence-electron chi connectivity index (χ2n) is 5.99. The first-order chi connectivity index (χ1) is 14.3. The van der Waals surface area contributed by atoms with Crippen molar-refractivity contribution in [2.75, 3.05) is 27.9 Å². The molecule has 0 radical (unpaired) electrons. The number of methoxy groups -OCH3 is 3. The highest BCUT2D eigenvalue weighted by molar-refractivity contribution is 7.81. The monoisotopic (exact) mass is 437 g/mol. The second kappa shape index (κ2) is 10.5. The van der Waals surface area contributed by atoms with E-state index in [2.05, 4.69) is 9.50 Å². The zero-order chi connectivity index (χ0) is 22.1. The van der Waals surface area contributed by atoms with Gasteiger partial charge >= 0.3 is 10.4 Å². The largest absolute Gasteiger partial charge is 0.493 e. The van der Waals surface area contributed by atoms with Gasteiger partial charge < -0.3 is 23.7 Å². The van der Waals surface area contributed by atoms with E-state index < -0.39 is 10.4 Å². The summed E-state index contributed by atoms with van der Waals surface area (Å²) in [6.07, 6.45) is 3.53. The Morgan fingerprint density at radius 2 is 1.60 bits per heavy atom. The number of carbonyl (C=O) groups is 1. The molecule has 0 aliphatic carbocycles. The molecule has 0 fully saturated rings. The van der Waals surface area contributed by atoms with E-state index in [4.69, 9.17) is 18.8 Å². The van der Waals surface area contributed by atoms with Crippen LogP contribution in [0.25, 0.3) is 6.08 Å². The van der Waals surface area contributed by atoms with Crippen molar-refractivity contribution in [3.05, 3.63) is 53.6 Å². The SMILES string of the molecule is COc1ccc(/C=C/C(=O)NCCc2ccc(OS(=O)(=O)O)c(OC)c2)cc1OC. The van der Waals surface area contributed by atoms with Gasteiger partial charge in [-0.2, -0.15) is 8.42 Å². The van der Waals surface area contributed by atoms with Crippen molar-refractivity contribution in [1.29, 1.82) is 0 Å². The molecule has 2 N–H and O–H groups in total. The van der Waals surface area contributed by atoms with Crippen LogP contribution in [0.3, 0.4) is 0 Å². The molecule has 0 unspecified atom stereocenters. The molecule has 10 heteroatoms. The summed E-state index contributed by atoms with van der Waals surface area (Å²) in [5, 5.41) is 2.75. The fourth-order valence-corrected chi connectivity index (χ4v) is 2.93. The fourth-order valence-electron chi connectivity index (χ4n) is 2.57. The maximum Gasteiger partial charge on any atom is 0.446 e. The summed E-state index contributed by atoms with van der Waals surface area (Å²) in [5.41, 5.74) is 1.56. The number of carbonyl (C=O) groups excluding carboxylic acids is 1. The van der Waals surface area contributed by atoms with E-state index in [1.807, 2.05) is 0 Å². The van der Waals surface area contributed by atoms with Gasteiger partial charge in [-0.05, 0) is 47.9 Å². The Bertz CT molecular complexity index is 1020. The standard InChI is InChI=1S/C20H23NO8S/c1-26-16-7-4-14(12-18(16)27-2)6-9-20(22)21-11-10-15-5-8-17(19(13-15)28-3)29-30(23,24)25/h4-9,12-13H,10-11H2,1-3H3,(H,21,22)(H,23,24,25)/b9-6+. The number of rotatable bonds is 10. The van der Waals surface area contributed by atoms with Gasteiger partial charge in [0.15, 0.2) is 23.0 Å². The van der Waals surface area contributed by atoms with Gasteiger partial charge in [-0.25, -0.2) is 0 Å². The van der Waals surface area contributed by atoms with Crippen molar-refractivity contribution in [2.45, 2.75) is 6.42 Å². The number of nitrogens with one attached hydrogen (secondary N) is 1. The van der Waals surface area contributed by atoms with Crippen LogP contribution < -0.4 is 23.7 Å². The molecule has 2 aromatic carbocycles. The molecule has 0 spiro atoms. The Morgan fingerprint density at radius 3 is 2.23 bits per heavy atom. The van der Waals surface area contributed by atoms with Crippen LogP contribution in [0.15, 0.2) is 42.5 Å². The van der Waals surface area contributed by atoms with E-state index in [-0.39, 0.29) is 17.4 Å². The van der Waals surface area contributed by atoms with Gasteiger partial charge in [0.05, 0.1) is 21.3 Å². The van der Waals surface area contributed by atoms with Crippen molar-refractivity contribution in [3.63, 3.8) is 0 Å². The maximum atomic E-state index is 12.0. The Hall–Kier alpha value is -3.24. The van der Waals surface area contributed by atoms with Gasteiger partial charge in [0.25, 0.3) is 0 Å². The topological polar surface area (TPSA) is 120 Å². The molecule has 0 saturated carbocycles. The molecule has 0 bridgehead atoms. The van der Waals surface area contributed by atoms with E-state index >= 15 is 0 Å². The van der Waals surface area contributed by atoms with Crippen molar-refractivity contribution in [2.24, 2.45) is 0 Å². The molecule has 2 rings (SSSR count). The molecule has 0 aromatic heterocycles. The van der Waals surface area contributed by atoms with Crippen molar-refractivity contribution in [3.8, 4) is 23.0 Å². The van der Waals surface area contributed by atoms with Crippen LogP contribution in [0, 0.1) is 0 Å². The molecule has 162 valence electrons. The van der Waals surface area contributed by atoms with E-state index in [1.165, 1.54) is 26.4 Å². The number of hydrogen-bond donors (Lipinski definition) is 2. The lowest BCUT2D eigenvalue weighted by atomic mass is 10.1. The average molecular weight is 437 g/mol. The summed E-state index contributed by atoms with van der Waals surface area (Å²) >= 11 is 0. The Kier molecular flexibility index (Phi) is 8.07. The predicted molar refractivity (Wildman–Crippen MR) is 110 cm³/mol. The summed E-state index contributed by atoms with van der Waals surface area (Å²) in [7, 11) is -0.221. The van der Waals surface area contributed by atoms with E-state index in [1.54, 1.807) is 43.5 Å². The molecule has 0 aliphatic rings. The number of ether oxygens (including phenoxy) is 3. The normalized spacial score (nSPS) is 11.2. The average Bonchev–Trinajstić information content (AvgIpc) is 2.71. The van der Waals surface area contributed by atoms with Gasteiger partial charge in [0.1, 0.15) is 0 Å². The third-order valence-electron chi connectivity index (χ3n) is 3.97. The van der Waals surface area contributed by atoms with E-state index in [9.17, 15) is 13.2 Å². The Balaban J connectivity index is 1.92. The van der Waals surface area contributed by atoms with Gasteiger partial charge in [-0.3, -0.25) is 9.35 Å². The molecule has 2 aromatic rings. The summed E-state index contributed by atoms with van der Waals surface area (Å²) in [4.78, 5) is 12.0. The van der Waals surface area contributed by atoms with Gasteiger partial charge in [0.2, 0.25) is 5.91 Å². The highest BCUT2D eigenvalue weighted by Gasteiger charge is 2.13. The van der Waals surface area contributed by atoms with Gasteiger partial charge in [-0.1, -0.05) is 12.1 Å². The highest BCUT2D eigenvalue weighted by Crippen LogP contribution is 2.29. The van der Waals surface area contributed by atoms with E-state index in [0.29, 0.717) is 24.5 Å². The smallest absolute Gasteiger partial charge is 0.446 e. The quantitative estimate of drug-likeness (QED) is 0.429. The molecule has 9 nitrogen and oxygen atoms in total. The summed E-state index contributed by atoms with van der Waals surface area (Å²) in [6.45, 7) is 0.344. The van der Waals surface area contributed by atoms with Crippen molar-refractivity contribution >= 4 is 22.4 Å². The van der Waals surface area contributed by atoms with Gasteiger partial charge in [0, 0.05) is 12.6 Å². The van der Waals surface area contributed by atoms with Crippen LogP contribution in [0.1, 0.15) is 11.1 Å². The van der Waals surface area contributed by atoms with Gasteiger partial charge in [-0.15, -0.1) is 0 Å². The minimum absolute atomic E-state index is 0.134. The summed E-state index contributed by atoms with van der Waals surface area (Å²) in [5.74, 6) is 0.900.